The van der Waals surface area contributed by atoms with Gasteiger partial charge in [-0.25, -0.2) is 8.78 Å². The summed E-state index contributed by atoms with van der Waals surface area (Å²) >= 11 is 1.14. The summed E-state index contributed by atoms with van der Waals surface area (Å²) in [6, 6.07) is 2.13. The van der Waals surface area contributed by atoms with E-state index in [0.29, 0.717) is 12.0 Å². The van der Waals surface area contributed by atoms with Gasteiger partial charge in [-0.15, -0.1) is 11.8 Å². The van der Waals surface area contributed by atoms with Crippen LogP contribution < -0.4 is 0 Å². The van der Waals surface area contributed by atoms with E-state index in [1.807, 2.05) is 13.8 Å². The maximum Gasteiger partial charge on any atom is 0.150 e. The third kappa shape index (κ3) is 4.07. The molecule has 100 valence electrons. The molecule has 0 radical (unpaired) electrons. The average Bonchev–Trinajstić information content (AvgIpc) is 2.37. The van der Waals surface area contributed by atoms with Gasteiger partial charge in [0.2, 0.25) is 0 Å². The van der Waals surface area contributed by atoms with Crippen molar-refractivity contribution in [3.05, 3.63) is 29.3 Å². The van der Waals surface area contributed by atoms with E-state index in [0.717, 1.165) is 43.5 Å². The molecule has 0 aromatic heterocycles. The Morgan fingerprint density at radius 3 is 2.22 bits per heavy atom. The highest BCUT2D eigenvalue weighted by Crippen LogP contribution is 2.26. The van der Waals surface area contributed by atoms with Crippen LogP contribution in [0.1, 0.15) is 24.2 Å². The van der Waals surface area contributed by atoms with Gasteiger partial charge in [0.25, 0.3) is 0 Å². The van der Waals surface area contributed by atoms with Crippen LogP contribution in [0.4, 0.5) is 8.78 Å². The number of hydrogen-bond acceptors (Lipinski definition) is 3. The molecule has 0 N–H and O–H groups in total. The van der Waals surface area contributed by atoms with Gasteiger partial charge in [-0.05, 0) is 25.2 Å². The van der Waals surface area contributed by atoms with Crippen molar-refractivity contribution in [1.29, 1.82) is 0 Å². The van der Waals surface area contributed by atoms with Crippen molar-refractivity contribution in [1.82, 2.24) is 4.90 Å². The van der Waals surface area contributed by atoms with Gasteiger partial charge in [0.15, 0.2) is 0 Å². The van der Waals surface area contributed by atoms with Crippen LogP contribution in [0.25, 0.3) is 0 Å². The van der Waals surface area contributed by atoms with E-state index in [1.165, 1.54) is 0 Å². The molecule has 1 rings (SSSR count). The fraction of sp³-hybridized carbons (Fsp3) is 0.462. The van der Waals surface area contributed by atoms with Crippen molar-refractivity contribution in [3.63, 3.8) is 0 Å². The summed E-state index contributed by atoms with van der Waals surface area (Å²) < 4.78 is 27.1. The summed E-state index contributed by atoms with van der Waals surface area (Å²) in [6.07, 6.45) is 0.441. The predicted octanol–water partition coefficient (Wildman–Crippen LogP) is 3.21. The fourth-order valence-corrected chi connectivity index (χ4v) is 2.55. The Hall–Kier alpha value is -0.940. The zero-order valence-electron chi connectivity index (χ0n) is 10.6. The fourth-order valence-electron chi connectivity index (χ4n) is 1.60. The highest BCUT2D eigenvalue weighted by atomic mass is 32.2. The lowest BCUT2D eigenvalue weighted by atomic mass is 10.2. The van der Waals surface area contributed by atoms with Gasteiger partial charge in [0.1, 0.15) is 17.9 Å². The number of benzene rings is 1. The maximum absolute atomic E-state index is 13.6. The molecule has 0 unspecified atom stereocenters. The first-order chi connectivity index (χ1) is 8.62. The summed E-state index contributed by atoms with van der Waals surface area (Å²) in [5, 5.41) is 0. The standard InChI is InChI=1S/C13H17F2NOS/c1-3-16(4-2)5-6-18-13-11(14)7-10(9-17)8-12(13)15/h7-9H,3-6H2,1-2H3. The second-order valence-electron chi connectivity index (χ2n) is 3.81. The number of hydrogen-bond donors (Lipinski definition) is 0. The number of aldehydes is 1. The van der Waals surface area contributed by atoms with Gasteiger partial charge in [-0.1, -0.05) is 13.8 Å². The summed E-state index contributed by atoms with van der Waals surface area (Å²) in [5.74, 6) is -0.709. The van der Waals surface area contributed by atoms with E-state index in [1.54, 1.807) is 0 Å². The summed E-state index contributed by atoms with van der Waals surface area (Å²) in [4.78, 5) is 12.6. The molecule has 0 fully saturated rings. The monoisotopic (exact) mass is 273 g/mol. The second-order valence-corrected chi connectivity index (χ2v) is 4.91. The Morgan fingerprint density at radius 1 is 1.22 bits per heavy atom. The topological polar surface area (TPSA) is 20.3 Å². The second kappa shape index (κ2) is 7.48. The van der Waals surface area contributed by atoms with Crippen molar-refractivity contribution >= 4 is 18.0 Å². The van der Waals surface area contributed by atoms with Crippen LogP contribution in [-0.4, -0.2) is 36.6 Å². The summed E-state index contributed by atoms with van der Waals surface area (Å²) in [7, 11) is 0. The minimum atomic E-state index is -0.665. The molecule has 5 heteroatoms. The molecular formula is C13H17F2NOS. The number of rotatable bonds is 7. The lowest BCUT2D eigenvalue weighted by Gasteiger charge is -2.17. The highest BCUT2D eigenvalue weighted by molar-refractivity contribution is 7.99. The first-order valence-corrected chi connectivity index (χ1v) is 6.90. The van der Waals surface area contributed by atoms with E-state index < -0.39 is 11.6 Å². The molecule has 1 aromatic carbocycles. The van der Waals surface area contributed by atoms with Crippen LogP contribution in [-0.2, 0) is 0 Å². The smallest absolute Gasteiger partial charge is 0.150 e. The van der Waals surface area contributed by atoms with E-state index >= 15 is 0 Å². The first kappa shape index (κ1) is 15.1. The molecular weight excluding hydrogens is 256 g/mol. The lowest BCUT2D eigenvalue weighted by Crippen LogP contribution is -2.25. The molecule has 0 aliphatic rings. The van der Waals surface area contributed by atoms with Crippen LogP contribution in [0.15, 0.2) is 17.0 Å². The molecule has 0 saturated carbocycles. The molecule has 0 spiro atoms. The van der Waals surface area contributed by atoms with Crippen molar-refractivity contribution in [2.75, 3.05) is 25.4 Å². The maximum atomic E-state index is 13.6. The Kier molecular flexibility index (Phi) is 6.29. The number of halogens is 2. The van der Waals surface area contributed by atoms with E-state index in [4.69, 9.17) is 0 Å². The normalized spacial score (nSPS) is 10.9. The zero-order chi connectivity index (χ0) is 13.5. The van der Waals surface area contributed by atoms with Gasteiger partial charge in [0.05, 0.1) is 4.90 Å². The van der Waals surface area contributed by atoms with Crippen molar-refractivity contribution in [2.24, 2.45) is 0 Å². The van der Waals surface area contributed by atoms with Crippen LogP contribution >= 0.6 is 11.8 Å². The molecule has 18 heavy (non-hydrogen) atoms. The molecule has 0 aliphatic carbocycles. The van der Waals surface area contributed by atoms with Crippen LogP contribution in [0.2, 0.25) is 0 Å². The Morgan fingerprint density at radius 2 is 1.78 bits per heavy atom. The van der Waals surface area contributed by atoms with Gasteiger partial charge in [-0.3, -0.25) is 4.79 Å². The average molecular weight is 273 g/mol. The van der Waals surface area contributed by atoms with Crippen LogP contribution in [0.5, 0.6) is 0 Å². The third-order valence-corrected chi connectivity index (χ3v) is 3.77. The number of thioether (sulfide) groups is 1. The van der Waals surface area contributed by atoms with E-state index in [-0.39, 0.29) is 10.5 Å². The van der Waals surface area contributed by atoms with Crippen molar-refractivity contribution < 1.29 is 13.6 Å². The van der Waals surface area contributed by atoms with Gasteiger partial charge in [0, 0.05) is 17.9 Å². The van der Waals surface area contributed by atoms with Crippen molar-refractivity contribution in [3.8, 4) is 0 Å². The van der Waals surface area contributed by atoms with Gasteiger partial charge in [-0.2, -0.15) is 0 Å². The first-order valence-electron chi connectivity index (χ1n) is 5.91. The largest absolute Gasteiger partial charge is 0.303 e. The predicted molar refractivity (Wildman–Crippen MR) is 70.3 cm³/mol. The summed E-state index contributed by atoms with van der Waals surface area (Å²) in [5.41, 5.74) is 0.0260. The number of carbonyl (C=O) groups excluding carboxylic acids is 1. The van der Waals surface area contributed by atoms with Crippen LogP contribution in [0.3, 0.4) is 0 Å². The molecule has 0 saturated heterocycles. The summed E-state index contributed by atoms with van der Waals surface area (Å²) in [6.45, 7) is 6.73. The molecule has 0 bridgehead atoms. The van der Waals surface area contributed by atoms with E-state index in [9.17, 15) is 13.6 Å². The minimum absolute atomic E-state index is 0.00671. The number of carbonyl (C=O) groups is 1. The minimum Gasteiger partial charge on any atom is -0.303 e. The van der Waals surface area contributed by atoms with E-state index in [2.05, 4.69) is 4.90 Å². The highest BCUT2D eigenvalue weighted by Gasteiger charge is 2.12. The lowest BCUT2D eigenvalue weighted by molar-refractivity contribution is 0.112. The molecule has 0 amide bonds. The van der Waals surface area contributed by atoms with Crippen molar-refractivity contribution in [2.45, 2.75) is 18.7 Å². The molecule has 0 atom stereocenters. The molecule has 0 heterocycles. The molecule has 2 nitrogen and oxygen atoms in total. The Bertz CT molecular complexity index is 385. The Labute approximate surface area is 110 Å². The third-order valence-electron chi connectivity index (χ3n) is 2.71. The zero-order valence-corrected chi connectivity index (χ0v) is 11.4. The Balaban J connectivity index is 2.65. The molecule has 0 aliphatic heterocycles. The van der Waals surface area contributed by atoms with Gasteiger partial charge < -0.3 is 4.90 Å². The van der Waals surface area contributed by atoms with Crippen LogP contribution in [0, 0.1) is 11.6 Å². The quantitative estimate of drug-likeness (QED) is 0.562. The number of nitrogens with zero attached hydrogens (tertiary/aromatic N) is 1. The molecule has 1 aromatic rings. The SMILES string of the molecule is CCN(CC)CCSc1c(F)cc(C=O)cc1F. The van der Waals surface area contributed by atoms with Gasteiger partial charge >= 0.3 is 0 Å².